The van der Waals surface area contributed by atoms with Crippen LogP contribution in [0.2, 0.25) is 0 Å². The van der Waals surface area contributed by atoms with E-state index in [1.54, 1.807) is 24.3 Å². The molecule has 2 aromatic carbocycles. The summed E-state index contributed by atoms with van der Waals surface area (Å²) in [5, 5.41) is 0. The third kappa shape index (κ3) is 4.88. The molecule has 0 bridgehead atoms. The summed E-state index contributed by atoms with van der Waals surface area (Å²) >= 11 is 0. The summed E-state index contributed by atoms with van der Waals surface area (Å²) in [5.74, 6) is -0.230. The number of halogens is 1. The van der Waals surface area contributed by atoms with Gasteiger partial charge in [0, 0.05) is 19.6 Å². The van der Waals surface area contributed by atoms with Gasteiger partial charge in [0.05, 0.1) is 17.6 Å². The van der Waals surface area contributed by atoms with Crippen LogP contribution in [-0.4, -0.2) is 46.2 Å². The van der Waals surface area contributed by atoms with Crippen LogP contribution in [0.1, 0.15) is 11.1 Å². The lowest BCUT2D eigenvalue weighted by Gasteiger charge is -2.33. The lowest BCUT2D eigenvalue weighted by atomic mass is 10.1. The summed E-state index contributed by atoms with van der Waals surface area (Å²) < 4.78 is 45.0. The van der Waals surface area contributed by atoms with Gasteiger partial charge in [0.15, 0.2) is 0 Å². The van der Waals surface area contributed by atoms with Crippen LogP contribution in [0.4, 0.5) is 4.39 Å². The molecule has 0 unspecified atom stereocenters. The Hall–Kier alpha value is -1.80. The summed E-state index contributed by atoms with van der Waals surface area (Å²) in [4.78, 5) is 2.53. The van der Waals surface area contributed by atoms with Crippen molar-refractivity contribution in [3.05, 3.63) is 65.5 Å². The first-order valence-corrected chi connectivity index (χ1v) is 10.1. The minimum Gasteiger partial charge on any atom is -0.375 e. The number of nitrogens with one attached hydrogen (secondary N) is 1. The molecule has 2 aromatic rings. The molecule has 140 valence electrons. The van der Waals surface area contributed by atoms with Crippen molar-refractivity contribution in [2.24, 2.45) is 0 Å². The molecule has 0 saturated carbocycles. The standard InChI is InChI=1S/C19H23FN2O3S/c1-21-26(23,24)19-7-5-15(6-8-19)13-22-9-10-25-18(14-22)12-16-3-2-4-17(20)11-16/h2-8,11,18,21H,9-10,12-14H2,1H3/t18-/m0/s1. The summed E-state index contributed by atoms with van der Waals surface area (Å²) in [7, 11) is -2.01. The Labute approximate surface area is 153 Å². The fourth-order valence-electron chi connectivity index (χ4n) is 3.12. The van der Waals surface area contributed by atoms with Crippen LogP contribution >= 0.6 is 0 Å². The molecule has 1 fully saturated rings. The zero-order valence-corrected chi connectivity index (χ0v) is 15.5. The van der Waals surface area contributed by atoms with E-state index >= 15 is 0 Å². The minimum absolute atomic E-state index is 0.0227. The van der Waals surface area contributed by atoms with Gasteiger partial charge in [-0.05, 0) is 48.9 Å². The Kier molecular flexibility index (Phi) is 6.03. The number of morpholine rings is 1. The molecule has 0 aliphatic carbocycles. The zero-order valence-electron chi connectivity index (χ0n) is 14.7. The number of nitrogens with zero attached hydrogens (tertiary/aromatic N) is 1. The first-order chi connectivity index (χ1) is 12.5. The van der Waals surface area contributed by atoms with Crippen molar-refractivity contribution >= 4 is 10.0 Å². The molecule has 1 aliphatic heterocycles. The molecule has 0 aromatic heterocycles. The van der Waals surface area contributed by atoms with Crippen LogP contribution in [0.5, 0.6) is 0 Å². The maximum atomic E-state index is 13.3. The van der Waals surface area contributed by atoms with Crippen molar-refractivity contribution in [1.82, 2.24) is 9.62 Å². The first kappa shape index (κ1) is 19.0. The third-order valence-corrected chi connectivity index (χ3v) is 5.91. The Morgan fingerprint density at radius 1 is 1.19 bits per heavy atom. The lowest BCUT2D eigenvalue weighted by molar-refractivity contribution is -0.0305. The van der Waals surface area contributed by atoms with Gasteiger partial charge in [-0.15, -0.1) is 0 Å². The molecular weight excluding hydrogens is 355 g/mol. The largest absolute Gasteiger partial charge is 0.375 e. The van der Waals surface area contributed by atoms with E-state index in [1.165, 1.54) is 13.1 Å². The van der Waals surface area contributed by atoms with E-state index in [4.69, 9.17) is 4.74 Å². The normalized spacial score (nSPS) is 18.8. The van der Waals surface area contributed by atoms with Gasteiger partial charge in [0.2, 0.25) is 10.0 Å². The molecule has 1 saturated heterocycles. The maximum Gasteiger partial charge on any atom is 0.240 e. The van der Waals surface area contributed by atoms with Crippen LogP contribution in [0, 0.1) is 5.82 Å². The molecule has 0 spiro atoms. The minimum atomic E-state index is -3.41. The number of ether oxygens (including phenoxy) is 1. The van der Waals surface area contributed by atoms with Crippen LogP contribution < -0.4 is 4.72 Å². The molecule has 1 atom stereocenters. The van der Waals surface area contributed by atoms with Gasteiger partial charge in [0.1, 0.15) is 5.82 Å². The quantitative estimate of drug-likeness (QED) is 0.837. The van der Waals surface area contributed by atoms with E-state index in [2.05, 4.69) is 9.62 Å². The number of sulfonamides is 1. The molecule has 1 aliphatic rings. The Morgan fingerprint density at radius 3 is 2.65 bits per heavy atom. The van der Waals surface area contributed by atoms with Crippen molar-refractivity contribution < 1.29 is 17.5 Å². The molecule has 0 amide bonds. The number of hydrogen-bond acceptors (Lipinski definition) is 4. The predicted molar refractivity (Wildman–Crippen MR) is 97.8 cm³/mol. The van der Waals surface area contributed by atoms with Crippen molar-refractivity contribution in [2.45, 2.75) is 24.0 Å². The van der Waals surface area contributed by atoms with Crippen LogP contribution in [0.15, 0.2) is 53.4 Å². The van der Waals surface area contributed by atoms with Gasteiger partial charge >= 0.3 is 0 Å². The molecule has 26 heavy (non-hydrogen) atoms. The van der Waals surface area contributed by atoms with E-state index in [0.29, 0.717) is 13.0 Å². The highest BCUT2D eigenvalue weighted by atomic mass is 32.2. The second-order valence-electron chi connectivity index (χ2n) is 6.41. The highest BCUT2D eigenvalue weighted by Crippen LogP contribution is 2.16. The van der Waals surface area contributed by atoms with Crippen molar-refractivity contribution in [3.63, 3.8) is 0 Å². The third-order valence-electron chi connectivity index (χ3n) is 4.48. The van der Waals surface area contributed by atoms with E-state index in [9.17, 15) is 12.8 Å². The van der Waals surface area contributed by atoms with Crippen LogP contribution in [0.25, 0.3) is 0 Å². The van der Waals surface area contributed by atoms with Crippen LogP contribution in [-0.2, 0) is 27.7 Å². The van der Waals surface area contributed by atoms with E-state index in [1.807, 2.05) is 18.2 Å². The molecule has 3 rings (SSSR count). The monoisotopic (exact) mass is 378 g/mol. The highest BCUT2D eigenvalue weighted by molar-refractivity contribution is 7.89. The Balaban J connectivity index is 1.60. The van der Waals surface area contributed by atoms with Gasteiger partial charge in [-0.3, -0.25) is 4.90 Å². The van der Waals surface area contributed by atoms with E-state index in [0.717, 1.165) is 30.8 Å². The summed E-state index contributed by atoms with van der Waals surface area (Å²) in [6, 6.07) is 13.5. The summed E-state index contributed by atoms with van der Waals surface area (Å²) in [5.41, 5.74) is 1.98. The predicted octanol–water partition coefficient (Wildman–Crippen LogP) is 2.18. The zero-order chi connectivity index (χ0) is 18.6. The SMILES string of the molecule is CNS(=O)(=O)c1ccc(CN2CCO[C@@H](Cc3cccc(F)c3)C2)cc1. The van der Waals surface area contributed by atoms with E-state index < -0.39 is 10.0 Å². The highest BCUT2D eigenvalue weighted by Gasteiger charge is 2.21. The van der Waals surface area contributed by atoms with Crippen molar-refractivity contribution in [3.8, 4) is 0 Å². The van der Waals surface area contributed by atoms with E-state index in [-0.39, 0.29) is 16.8 Å². The Bertz CT molecular complexity index is 840. The number of rotatable bonds is 6. The number of benzene rings is 2. The molecule has 1 heterocycles. The van der Waals surface area contributed by atoms with Gasteiger partial charge < -0.3 is 4.74 Å². The van der Waals surface area contributed by atoms with Gasteiger partial charge in [-0.1, -0.05) is 24.3 Å². The smallest absolute Gasteiger partial charge is 0.240 e. The van der Waals surface area contributed by atoms with Crippen LogP contribution in [0.3, 0.4) is 0 Å². The summed E-state index contributed by atoms with van der Waals surface area (Å²) in [6.07, 6.45) is 0.697. The number of hydrogen-bond donors (Lipinski definition) is 1. The summed E-state index contributed by atoms with van der Waals surface area (Å²) in [6.45, 7) is 2.93. The maximum absolute atomic E-state index is 13.3. The average Bonchev–Trinajstić information content (AvgIpc) is 2.62. The molecule has 0 radical (unpaired) electrons. The van der Waals surface area contributed by atoms with Gasteiger partial charge in [0.25, 0.3) is 0 Å². The lowest BCUT2D eigenvalue weighted by Crippen LogP contribution is -2.42. The average molecular weight is 378 g/mol. The fourth-order valence-corrected chi connectivity index (χ4v) is 3.85. The molecule has 5 nitrogen and oxygen atoms in total. The first-order valence-electron chi connectivity index (χ1n) is 8.57. The molecule has 1 N–H and O–H groups in total. The van der Waals surface area contributed by atoms with Gasteiger partial charge in [-0.2, -0.15) is 0 Å². The van der Waals surface area contributed by atoms with Crippen molar-refractivity contribution in [1.29, 1.82) is 0 Å². The fraction of sp³-hybridized carbons (Fsp3) is 0.368. The van der Waals surface area contributed by atoms with Gasteiger partial charge in [-0.25, -0.2) is 17.5 Å². The van der Waals surface area contributed by atoms with Crippen molar-refractivity contribution in [2.75, 3.05) is 26.7 Å². The second-order valence-corrected chi connectivity index (χ2v) is 8.30. The molecular formula is C19H23FN2O3S. The Morgan fingerprint density at radius 2 is 1.96 bits per heavy atom. The second kappa shape index (κ2) is 8.26. The molecule has 7 heteroatoms. The topological polar surface area (TPSA) is 58.6 Å².